The van der Waals surface area contributed by atoms with Crippen LogP contribution in [0.25, 0.3) is 0 Å². The number of rotatable bonds is 3. The molecule has 0 saturated heterocycles. The van der Waals surface area contributed by atoms with Gasteiger partial charge >= 0.3 is 5.97 Å². The molecule has 0 radical (unpaired) electrons. The number of benzene rings is 1. The van der Waals surface area contributed by atoms with Gasteiger partial charge in [0.25, 0.3) is 0 Å². The highest BCUT2D eigenvalue weighted by molar-refractivity contribution is 5.78. The van der Waals surface area contributed by atoms with Crippen molar-refractivity contribution in [1.29, 1.82) is 0 Å². The fourth-order valence-electron chi connectivity index (χ4n) is 2.43. The molecule has 1 heterocycles. The maximum Gasteiger partial charge on any atom is 0.314 e. The lowest BCUT2D eigenvalue weighted by Gasteiger charge is -2.44. The zero-order chi connectivity index (χ0) is 14.1. The van der Waals surface area contributed by atoms with Gasteiger partial charge in [0.15, 0.2) is 0 Å². The van der Waals surface area contributed by atoms with E-state index in [4.69, 9.17) is 9.47 Å². The summed E-state index contributed by atoms with van der Waals surface area (Å²) in [6.45, 7) is 5.98. The lowest BCUT2D eigenvalue weighted by Crippen LogP contribution is -2.53. The molecule has 0 aromatic heterocycles. The van der Waals surface area contributed by atoms with E-state index in [1.807, 2.05) is 24.3 Å². The standard InChI is InChI=1S/C15H20O4/c1-4-19-13(16)14(2,3)15(17)10-18-9-11-7-5-6-8-12(11)15/h5-8,17H,4,9-10H2,1-3H3. The van der Waals surface area contributed by atoms with Crippen molar-refractivity contribution >= 4 is 5.97 Å². The van der Waals surface area contributed by atoms with Crippen LogP contribution < -0.4 is 0 Å². The molecule has 0 aliphatic carbocycles. The largest absolute Gasteiger partial charge is 0.465 e. The Morgan fingerprint density at radius 1 is 1.47 bits per heavy atom. The van der Waals surface area contributed by atoms with Gasteiger partial charge in [0.1, 0.15) is 5.60 Å². The molecule has 1 N–H and O–H groups in total. The van der Waals surface area contributed by atoms with Crippen LogP contribution in [0.3, 0.4) is 0 Å². The molecule has 1 aromatic rings. The fraction of sp³-hybridized carbons (Fsp3) is 0.533. The van der Waals surface area contributed by atoms with Crippen molar-refractivity contribution in [3.63, 3.8) is 0 Å². The highest BCUT2D eigenvalue weighted by atomic mass is 16.5. The van der Waals surface area contributed by atoms with Gasteiger partial charge in [-0.2, -0.15) is 0 Å². The number of aliphatic hydroxyl groups is 1. The van der Waals surface area contributed by atoms with E-state index >= 15 is 0 Å². The molecule has 104 valence electrons. The Morgan fingerprint density at radius 2 is 2.16 bits per heavy atom. The van der Waals surface area contributed by atoms with Crippen molar-refractivity contribution in [3.8, 4) is 0 Å². The molecule has 19 heavy (non-hydrogen) atoms. The topological polar surface area (TPSA) is 55.8 Å². The van der Waals surface area contributed by atoms with Crippen molar-refractivity contribution in [3.05, 3.63) is 35.4 Å². The van der Waals surface area contributed by atoms with Crippen LogP contribution in [0, 0.1) is 5.41 Å². The smallest absolute Gasteiger partial charge is 0.314 e. The van der Waals surface area contributed by atoms with E-state index in [1.165, 1.54) is 0 Å². The quantitative estimate of drug-likeness (QED) is 0.848. The zero-order valence-corrected chi connectivity index (χ0v) is 11.6. The molecule has 0 saturated carbocycles. The minimum Gasteiger partial charge on any atom is -0.465 e. The van der Waals surface area contributed by atoms with Gasteiger partial charge in [-0.3, -0.25) is 4.79 Å². The lowest BCUT2D eigenvalue weighted by molar-refractivity contribution is -0.186. The van der Waals surface area contributed by atoms with Gasteiger partial charge in [0, 0.05) is 0 Å². The average molecular weight is 264 g/mol. The van der Waals surface area contributed by atoms with Gasteiger partial charge in [0.05, 0.1) is 25.2 Å². The number of carbonyl (C=O) groups excluding carboxylic acids is 1. The minimum absolute atomic E-state index is 0.0931. The molecule has 1 aromatic carbocycles. The first-order valence-electron chi connectivity index (χ1n) is 6.49. The van der Waals surface area contributed by atoms with Gasteiger partial charge in [-0.05, 0) is 31.9 Å². The maximum absolute atomic E-state index is 12.1. The highest BCUT2D eigenvalue weighted by Gasteiger charge is 2.53. The van der Waals surface area contributed by atoms with Crippen LogP contribution in [0.2, 0.25) is 0 Å². The summed E-state index contributed by atoms with van der Waals surface area (Å²) in [4.78, 5) is 12.1. The molecule has 1 atom stereocenters. The van der Waals surface area contributed by atoms with Crippen molar-refractivity contribution in [2.24, 2.45) is 5.41 Å². The van der Waals surface area contributed by atoms with Crippen molar-refractivity contribution < 1.29 is 19.4 Å². The molecular formula is C15H20O4. The summed E-state index contributed by atoms with van der Waals surface area (Å²) < 4.78 is 10.6. The van der Waals surface area contributed by atoms with Crippen LogP contribution in [0.4, 0.5) is 0 Å². The second-order valence-electron chi connectivity index (χ2n) is 5.36. The first kappa shape index (κ1) is 14.0. The van der Waals surface area contributed by atoms with E-state index in [0.29, 0.717) is 13.2 Å². The lowest BCUT2D eigenvalue weighted by atomic mass is 9.69. The van der Waals surface area contributed by atoms with E-state index in [2.05, 4.69) is 0 Å². The summed E-state index contributed by atoms with van der Waals surface area (Å²) in [5, 5.41) is 11.0. The third-order valence-electron chi connectivity index (χ3n) is 3.85. The van der Waals surface area contributed by atoms with E-state index in [9.17, 15) is 9.90 Å². The Morgan fingerprint density at radius 3 is 2.84 bits per heavy atom. The SMILES string of the molecule is CCOC(=O)C(C)(C)C1(O)COCc2ccccc21. The Kier molecular flexibility index (Phi) is 3.65. The number of hydrogen-bond donors (Lipinski definition) is 1. The number of hydrogen-bond acceptors (Lipinski definition) is 4. The molecule has 1 aliphatic heterocycles. The van der Waals surface area contributed by atoms with E-state index < -0.39 is 17.0 Å². The van der Waals surface area contributed by atoms with E-state index in [1.54, 1.807) is 20.8 Å². The molecule has 4 nitrogen and oxygen atoms in total. The predicted molar refractivity (Wildman–Crippen MR) is 70.4 cm³/mol. The van der Waals surface area contributed by atoms with Crippen LogP contribution >= 0.6 is 0 Å². The van der Waals surface area contributed by atoms with Gasteiger partial charge in [-0.15, -0.1) is 0 Å². The fourth-order valence-corrected chi connectivity index (χ4v) is 2.43. The molecule has 0 spiro atoms. The predicted octanol–water partition coefficient (Wildman–Crippen LogP) is 1.99. The number of ether oxygens (including phenoxy) is 2. The van der Waals surface area contributed by atoms with Crippen LogP contribution in [0.5, 0.6) is 0 Å². The summed E-state index contributed by atoms with van der Waals surface area (Å²) in [6, 6.07) is 7.50. The van der Waals surface area contributed by atoms with Gasteiger partial charge in [-0.25, -0.2) is 0 Å². The Labute approximate surface area is 113 Å². The Bertz CT molecular complexity index is 481. The Hall–Kier alpha value is -1.39. The molecule has 1 unspecified atom stereocenters. The van der Waals surface area contributed by atoms with Crippen LogP contribution in [-0.2, 0) is 26.5 Å². The van der Waals surface area contributed by atoms with Gasteiger partial charge < -0.3 is 14.6 Å². The summed E-state index contributed by atoms with van der Waals surface area (Å²) in [5.41, 5.74) is -0.777. The molecular weight excluding hydrogens is 244 g/mol. The summed E-state index contributed by atoms with van der Waals surface area (Å²) in [6.07, 6.45) is 0. The van der Waals surface area contributed by atoms with Crippen molar-refractivity contribution in [2.45, 2.75) is 33.0 Å². The van der Waals surface area contributed by atoms with Gasteiger partial charge in [0.2, 0.25) is 0 Å². The normalized spacial score (nSPS) is 22.7. The van der Waals surface area contributed by atoms with E-state index in [0.717, 1.165) is 11.1 Å². The average Bonchev–Trinajstić information content (AvgIpc) is 2.39. The molecule has 0 amide bonds. The molecule has 4 heteroatoms. The minimum atomic E-state index is -1.37. The summed E-state index contributed by atoms with van der Waals surface area (Å²) in [7, 11) is 0. The second kappa shape index (κ2) is 4.94. The third-order valence-corrected chi connectivity index (χ3v) is 3.85. The van der Waals surface area contributed by atoms with Crippen LogP contribution in [0.15, 0.2) is 24.3 Å². The van der Waals surface area contributed by atoms with Crippen molar-refractivity contribution in [1.82, 2.24) is 0 Å². The number of fused-ring (bicyclic) bond motifs is 1. The monoisotopic (exact) mass is 264 g/mol. The van der Waals surface area contributed by atoms with E-state index in [-0.39, 0.29) is 6.61 Å². The van der Waals surface area contributed by atoms with Crippen molar-refractivity contribution in [2.75, 3.05) is 13.2 Å². The molecule has 2 rings (SSSR count). The number of carbonyl (C=O) groups is 1. The first-order chi connectivity index (χ1) is 8.93. The molecule has 1 aliphatic rings. The van der Waals surface area contributed by atoms with Crippen LogP contribution in [-0.4, -0.2) is 24.3 Å². The molecule has 0 fully saturated rings. The zero-order valence-electron chi connectivity index (χ0n) is 11.6. The highest BCUT2D eigenvalue weighted by Crippen LogP contribution is 2.44. The number of esters is 1. The van der Waals surface area contributed by atoms with Crippen LogP contribution in [0.1, 0.15) is 31.9 Å². The second-order valence-corrected chi connectivity index (χ2v) is 5.36. The maximum atomic E-state index is 12.1. The molecule has 0 bridgehead atoms. The summed E-state index contributed by atoms with van der Waals surface area (Å²) >= 11 is 0. The summed E-state index contributed by atoms with van der Waals surface area (Å²) in [5.74, 6) is -0.419. The Balaban J connectivity index is 2.46. The first-order valence-corrected chi connectivity index (χ1v) is 6.49. The third kappa shape index (κ3) is 2.15. The van der Waals surface area contributed by atoms with Gasteiger partial charge in [-0.1, -0.05) is 24.3 Å².